The van der Waals surface area contributed by atoms with Gasteiger partial charge < -0.3 is 5.32 Å². The number of sulfonamides is 1. The quantitative estimate of drug-likeness (QED) is 0.705. The highest BCUT2D eigenvalue weighted by atomic mass is 32.2. The summed E-state index contributed by atoms with van der Waals surface area (Å²) in [5.74, 6) is 0.00461. The Kier molecular flexibility index (Phi) is 7.38. The highest BCUT2D eigenvalue weighted by Crippen LogP contribution is 2.18. The Morgan fingerprint density at radius 1 is 1.00 bits per heavy atom. The van der Waals surface area contributed by atoms with Crippen LogP contribution in [0.2, 0.25) is 0 Å². The van der Waals surface area contributed by atoms with Crippen molar-refractivity contribution >= 4 is 15.9 Å². The third-order valence-electron chi connectivity index (χ3n) is 4.32. The van der Waals surface area contributed by atoms with Crippen LogP contribution in [-0.2, 0) is 21.2 Å². The first kappa shape index (κ1) is 22.1. The maximum Gasteiger partial charge on any atom is 0.241 e. The van der Waals surface area contributed by atoms with Gasteiger partial charge in [-0.3, -0.25) is 4.79 Å². The zero-order chi connectivity index (χ0) is 20.8. The Bertz CT molecular complexity index is 870. The number of rotatable bonds is 8. The van der Waals surface area contributed by atoms with Gasteiger partial charge in [0.1, 0.15) is 0 Å². The lowest BCUT2D eigenvalue weighted by Gasteiger charge is -2.18. The smallest absolute Gasteiger partial charge is 0.241 e. The molecule has 0 unspecified atom stereocenters. The number of benzene rings is 2. The van der Waals surface area contributed by atoms with Gasteiger partial charge in [-0.2, -0.15) is 0 Å². The maximum absolute atomic E-state index is 12.6. The van der Waals surface area contributed by atoms with E-state index in [-0.39, 0.29) is 22.3 Å². The van der Waals surface area contributed by atoms with E-state index in [4.69, 9.17) is 0 Å². The molecule has 28 heavy (non-hydrogen) atoms. The molecule has 0 fully saturated rings. The fraction of sp³-hybridized carbons (Fsp3) is 0.409. The van der Waals surface area contributed by atoms with Gasteiger partial charge in [0, 0.05) is 19.0 Å². The van der Waals surface area contributed by atoms with Crippen molar-refractivity contribution in [3.8, 4) is 0 Å². The summed E-state index contributed by atoms with van der Waals surface area (Å²) >= 11 is 0. The second-order valence-electron chi connectivity index (χ2n) is 8.23. The van der Waals surface area contributed by atoms with Gasteiger partial charge in [0.25, 0.3) is 0 Å². The van der Waals surface area contributed by atoms with Crippen LogP contribution in [0, 0.1) is 5.41 Å². The van der Waals surface area contributed by atoms with Crippen molar-refractivity contribution in [3.05, 3.63) is 65.7 Å². The van der Waals surface area contributed by atoms with Crippen LogP contribution in [0.25, 0.3) is 0 Å². The Balaban J connectivity index is 1.93. The summed E-state index contributed by atoms with van der Waals surface area (Å²) in [6.07, 6.45) is 0.954. The summed E-state index contributed by atoms with van der Waals surface area (Å²) in [6, 6.07) is 15.8. The third kappa shape index (κ3) is 7.09. The molecule has 0 bridgehead atoms. The molecule has 0 heterocycles. The van der Waals surface area contributed by atoms with Crippen LogP contribution in [-0.4, -0.2) is 20.9 Å². The zero-order valence-corrected chi connectivity index (χ0v) is 17.8. The Morgan fingerprint density at radius 2 is 1.61 bits per heavy atom. The van der Waals surface area contributed by atoms with Crippen LogP contribution < -0.4 is 10.0 Å². The highest BCUT2D eigenvalue weighted by molar-refractivity contribution is 7.89. The molecule has 0 aliphatic heterocycles. The Hall–Kier alpha value is -2.18. The second kappa shape index (κ2) is 9.34. The second-order valence-corrected chi connectivity index (χ2v) is 9.95. The number of carbonyl (C=O) groups is 1. The number of aryl methyl sites for hydroxylation is 1. The summed E-state index contributed by atoms with van der Waals surface area (Å²) in [4.78, 5) is 12.1. The molecule has 0 saturated carbocycles. The average Bonchev–Trinajstić information content (AvgIpc) is 2.65. The zero-order valence-electron chi connectivity index (χ0n) is 17.0. The van der Waals surface area contributed by atoms with Gasteiger partial charge >= 0.3 is 0 Å². The van der Waals surface area contributed by atoms with E-state index in [9.17, 15) is 13.2 Å². The topological polar surface area (TPSA) is 75.3 Å². The molecule has 1 atom stereocenters. The molecule has 2 aromatic carbocycles. The van der Waals surface area contributed by atoms with Gasteiger partial charge in [0.05, 0.1) is 4.90 Å². The first-order valence-corrected chi connectivity index (χ1v) is 11.0. The highest BCUT2D eigenvalue weighted by Gasteiger charge is 2.18. The lowest BCUT2D eigenvalue weighted by molar-refractivity contribution is -0.121. The van der Waals surface area contributed by atoms with Crippen LogP contribution in [0.5, 0.6) is 0 Å². The molecule has 2 N–H and O–H groups in total. The van der Waals surface area contributed by atoms with E-state index in [1.807, 2.05) is 37.3 Å². The van der Waals surface area contributed by atoms with Crippen LogP contribution in [0.15, 0.2) is 59.5 Å². The summed E-state index contributed by atoms with van der Waals surface area (Å²) in [6.45, 7) is 8.66. The van der Waals surface area contributed by atoms with Crippen molar-refractivity contribution in [1.82, 2.24) is 10.0 Å². The molecule has 0 aliphatic carbocycles. The molecular formula is C22H30N2O3S. The molecule has 0 spiro atoms. The van der Waals surface area contributed by atoms with Gasteiger partial charge in [0.2, 0.25) is 15.9 Å². The van der Waals surface area contributed by atoms with Crippen molar-refractivity contribution < 1.29 is 13.2 Å². The average molecular weight is 403 g/mol. The van der Waals surface area contributed by atoms with E-state index in [1.165, 1.54) is 0 Å². The van der Waals surface area contributed by atoms with E-state index in [1.54, 1.807) is 24.3 Å². The van der Waals surface area contributed by atoms with Gasteiger partial charge in [-0.1, -0.05) is 63.2 Å². The minimum absolute atomic E-state index is 0.00461. The van der Waals surface area contributed by atoms with Crippen molar-refractivity contribution in [2.24, 2.45) is 5.41 Å². The van der Waals surface area contributed by atoms with Crippen LogP contribution in [0.3, 0.4) is 0 Å². The van der Waals surface area contributed by atoms with Crippen LogP contribution in [0.4, 0.5) is 0 Å². The van der Waals surface area contributed by atoms with E-state index in [0.29, 0.717) is 19.4 Å². The van der Waals surface area contributed by atoms with Crippen LogP contribution >= 0.6 is 0 Å². The van der Waals surface area contributed by atoms with E-state index in [0.717, 1.165) is 11.1 Å². The van der Waals surface area contributed by atoms with E-state index in [2.05, 4.69) is 30.8 Å². The molecule has 6 heteroatoms. The van der Waals surface area contributed by atoms with Gasteiger partial charge in [-0.05, 0) is 42.0 Å². The fourth-order valence-electron chi connectivity index (χ4n) is 2.66. The van der Waals surface area contributed by atoms with E-state index < -0.39 is 10.0 Å². The Morgan fingerprint density at radius 3 is 2.18 bits per heavy atom. The third-order valence-corrected chi connectivity index (χ3v) is 5.88. The normalized spacial score (nSPS) is 13.1. The fourth-order valence-corrected chi connectivity index (χ4v) is 3.89. The molecule has 0 saturated heterocycles. The predicted molar refractivity (Wildman–Crippen MR) is 112 cm³/mol. The van der Waals surface area contributed by atoms with Crippen molar-refractivity contribution in [3.63, 3.8) is 0 Å². The molecule has 152 valence electrons. The summed E-state index contributed by atoms with van der Waals surface area (Å²) in [7, 11) is -3.61. The summed E-state index contributed by atoms with van der Waals surface area (Å²) in [5, 5.41) is 2.92. The monoisotopic (exact) mass is 402 g/mol. The number of carbonyl (C=O) groups excluding carboxylic acids is 1. The lowest BCUT2D eigenvalue weighted by atomic mass is 9.97. The number of amides is 1. The summed E-state index contributed by atoms with van der Waals surface area (Å²) < 4.78 is 27.9. The summed E-state index contributed by atoms with van der Waals surface area (Å²) in [5.41, 5.74) is 1.89. The van der Waals surface area contributed by atoms with Crippen LogP contribution in [0.1, 0.15) is 51.3 Å². The molecular weight excluding hydrogens is 372 g/mol. The number of nitrogens with one attached hydrogen (secondary N) is 2. The van der Waals surface area contributed by atoms with Gasteiger partial charge in [-0.25, -0.2) is 13.1 Å². The van der Waals surface area contributed by atoms with Crippen molar-refractivity contribution in [2.45, 2.75) is 51.5 Å². The lowest BCUT2D eigenvalue weighted by Crippen LogP contribution is -2.32. The van der Waals surface area contributed by atoms with E-state index >= 15 is 0 Å². The molecule has 2 rings (SSSR count). The minimum atomic E-state index is -3.61. The maximum atomic E-state index is 12.6. The van der Waals surface area contributed by atoms with Crippen molar-refractivity contribution in [2.75, 3.05) is 6.54 Å². The molecule has 0 radical (unpaired) electrons. The molecule has 0 aliphatic rings. The largest absolute Gasteiger partial charge is 0.356 e. The number of hydrogen-bond donors (Lipinski definition) is 2. The molecule has 1 amide bonds. The van der Waals surface area contributed by atoms with Gasteiger partial charge in [-0.15, -0.1) is 0 Å². The van der Waals surface area contributed by atoms with Gasteiger partial charge in [0.15, 0.2) is 0 Å². The first-order chi connectivity index (χ1) is 13.1. The standard InChI is InChI=1S/C22H30N2O3S/c1-17(19-8-6-5-7-9-19)24-28(26,27)20-13-10-18(11-14-20)12-15-21(25)23-16-22(2,3)4/h5-11,13-14,17,24H,12,15-16H2,1-4H3,(H,23,25)/t17-/m1/s1. The molecule has 5 nitrogen and oxygen atoms in total. The molecule has 2 aromatic rings. The Labute approximate surface area is 168 Å². The van der Waals surface area contributed by atoms with Crippen molar-refractivity contribution in [1.29, 1.82) is 0 Å². The number of hydrogen-bond acceptors (Lipinski definition) is 3. The molecule has 0 aromatic heterocycles. The predicted octanol–water partition coefficient (Wildman–Crippen LogP) is 3.82. The SMILES string of the molecule is C[C@@H](NS(=O)(=O)c1ccc(CCC(=O)NCC(C)(C)C)cc1)c1ccccc1. The first-order valence-electron chi connectivity index (χ1n) is 9.50. The minimum Gasteiger partial charge on any atom is -0.356 e.